The molecule has 0 saturated heterocycles. The Kier molecular flexibility index (Phi) is 5.76. The zero-order chi connectivity index (χ0) is 20.4. The van der Waals surface area contributed by atoms with Crippen molar-refractivity contribution in [1.82, 2.24) is 5.16 Å². The molecule has 4 rings (SSSR count). The number of hydrogen-bond donors (Lipinski definition) is 1. The van der Waals surface area contributed by atoms with Crippen LogP contribution in [0.3, 0.4) is 0 Å². The van der Waals surface area contributed by atoms with Gasteiger partial charge in [0.25, 0.3) is 0 Å². The van der Waals surface area contributed by atoms with Crippen molar-refractivity contribution in [2.75, 3.05) is 0 Å². The third-order valence-corrected chi connectivity index (χ3v) is 5.81. The van der Waals surface area contributed by atoms with Crippen LogP contribution in [0.1, 0.15) is 60.3 Å². The van der Waals surface area contributed by atoms with E-state index in [0.717, 1.165) is 23.0 Å². The van der Waals surface area contributed by atoms with E-state index in [9.17, 15) is 14.7 Å². The van der Waals surface area contributed by atoms with Crippen molar-refractivity contribution < 1.29 is 19.2 Å². The van der Waals surface area contributed by atoms with Crippen molar-refractivity contribution in [3.8, 4) is 0 Å². The number of nitrogens with zero attached hydrogens (tertiary/aromatic N) is 2. The number of aliphatic hydroxyl groups is 1. The molecule has 29 heavy (non-hydrogen) atoms. The van der Waals surface area contributed by atoms with Gasteiger partial charge < -0.3 is 9.63 Å². The van der Waals surface area contributed by atoms with E-state index in [0.29, 0.717) is 60.4 Å². The molecule has 7 heteroatoms. The molecule has 6 nitrogen and oxygen atoms in total. The second-order valence-corrected chi connectivity index (χ2v) is 8.25. The number of carbonyl (C=O) groups is 2. The molecule has 0 unspecified atom stereocenters. The number of rotatable bonds is 4. The first-order valence-electron chi connectivity index (χ1n) is 9.82. The Morgan fingerprint density at radius 1 is 1.07 bits per heavy atom. The molecule has 0 bridgehead atoms. The number of carbonyl (C=O) groups excluding carboxylic acids is 2. The highest BCUT2D eigenvalue weighted by atomic mass is 79.9. The van der Waals surface area contributed by atoms with Crippen molar-refractivity contribution in [3.05, 3.63) is 57.1 Å². The minimum atomic E-state index is -0.0946. The standard InChI is InChI=1S/C22H21BrN2O4/c23-13-7-9-14(10-8-13)24-15-3-1-4-17(26)21(15)19(28)12-11-16-22-18(27)5-2-6-20(22)29-25-16/h7-10,28H,1-6,11-12H2. The summed E-state index contributed by atoms with van der Waals surface area (Å²) in [6.07, 6.45) is 4.30. The normalized spacial score (nSPS) is 20.1. The van der Waals surface area contributed by atoms with Crippen LogP contribution in [0.2, 0.25) is 0 Å². The lowest BCUT2D eigenvalue weighted by molar-refractivity contribution is -0.115. The average Bonchev–Trinajstić information content (AvgIpc) is 3.12. The first-order chi connectivity index (χ1) is 14.0. The lowest BCUT2D eigenvalue weighted by atomic mass is 9.88. The molecule has 0 spiro atoms. The van der Waals surface area contributed by atoms with Crippen molar-refractivity contribution in [3.63, 3.8) is 0 Å². The summed E-state index contributed by atoms with van der Waals surface area (Å²) in [6, 6.07) is 7.49. The van der Waals surface area contributed by atoms with Crippen molar-refractivity contribution in [2.24, 2.45) is 4.99 Å². The summed E-state index contributed by atoms with van der Waals surface area (Å²) in [7, 11) is 0. The maximum Gasteiger partial charge on any atom is 0.168 e. The maximum absolute atomic E-state index is 12.5. The number of aliphatic hydroxyl groups excluding tert-OH is 1. The molecule has 2 aliphatic carbocycles. The lowest BCUT2D eigenvalue weighted by Crippen LogP contribution is -2.21. The summed E-state index contributed by atoms with van der Waals surface area (Å²) in [4.78, 5) is 29.3. The van der Waals surface area contributed by atoms with Gasteiger partial charge in [-0.25, -0.2) is 0 Å². The molecule has 0 radical (unpaired) electrons. The zero-order valence-corrected chi connectivity index (χ0v) is 17.5. The van der Waals surface area contributed by atoms with E-state index in [2.05, 4.69) is 26.1 Å². The number of fused-ring (bicyclic) bond motifs is 1. The summed E-state index contributed by atoms with van der Waals surface area (Å²) in [5.41, 5.74) is 2.78. The number of ketones is 2. The molecular formula is C22H21BrN2O4. The molecule has 0 aliphatic heterocycles. The second kappa shape index (κ2) is 8.45. The van der Waals surface area contributed by atoms with Gasteiger partial charge in [0.15, 0.2) is 11.6 Å². The van der Waals surface area contributed by atoms with Crippen LogP contribution < -0.4 is 0 Å². The Bertz CT molecular complexity index is 1020. The first-order valence-corrected chi connectivity index (χ1v) is 10.6. The molecule has 150 valence electrons. The minimum absolute atomic E-state index is 0.00516. The van der Waals surface area contributed by atoms with Gasteiger partial charge >= 0.3 is 0 Å². The SMILES string of the molecule is O=C1CCCC(=Nc2ccc(Br)cc2)C1=C(O)CCc1noc2c1C(=O)CCC2. The van der Waals surface area contributed by atoms with E-state index >= 15 is 0 Å². The van der Waals surface area contributed by atoms with Crippen LogP contribution in [-0.2, 0) is 17.6 Å². The Balaban J connectivity index is 1.59. The number of hydrogen-bond acceptors (Lipinski definition) is 6. The second-order valence-electron chi connectivity index (χ2n) is 7.34. The number of allylic oxidation sites excluding steroid dienone is 2. The monoisotopic (exact) mass is 456 g/mol. The summed E-state index contributed by atoms with van der Waals surface area (Å²) in [5, 5.41) is 14.8. The van der Waals surface area contributed by atoms with Gasteiger partial charge in [0.2, 0.25) is 0 Å². The minimum Gasteiger partial charge on any atom is -0.511 e. The van der Waals surface area contributed by atoms with Crippen molar-refractivity contribution >= 4 is 38.9 Å². The van der Waals surface area contributed by atoms with E-state index < -0.39 is 0 Å². The molecule has 1 aromatic carbocycles. The Morgan fingerprint density at radius 2 is 1.79 bits per heavy atom. The highest BCUT2D eigenvalue weighted by Crippen LogP contribution is 2.28. The van der Waals surface area contributed by atoms with E-state index in [1.165, 1.54) is 0 Å². The van der Waals surface area contributed by atoms with Crippen molar-refractivity contribution in [2.45, 2.75) is 51.4 Å². The summed E-state index contributed by atoms with van der Waals surface area (Å²) < 4.78 is 6.25. The smallest absolute Gasteiger partial charge is 0.168 e. The van der Waals surface area contributed by atoms with Crippen molar-refractivity contribution in [1.29, 1.82) is 0 Å². The topological polar surface area (TPSA) is 92.8 Å². The molecule has 2 aliphatic rings. The van der Waals surface area contributed by atoms with Gasteiger partial charge in [-0.05, 0) is 43.5 Å². The van der Waals surface area contributed by atoms with Crippen LogP contribution in [0.15, 0.2) is 49.6 Å². The van der Waals surface area contributed by atoms with Gasteiger partial charge in [-0.15, -0.1) is 0 Å². The van der Waals surface area contributed by atoms with Gasteiger partial charge in [0.1, 0.15) is 11.5 Å². The van der Waals surface area contributed by atoms with E-state index in [1.807, 2.05) is 24.3 Å². The van der Waals surface area contributed by atoms with Gasteiger partial charge in [0.05, 0.1) is 28.2 Å². The molecule has 1 fully saturated rings. The van der Waals surface area contributed by atoms with Crippen LogP contribution in [0.4, 0.5) is 5.69 Å². The predicted octanol–water partition coefficient (Wildman–Crippen LogP) is 5.23. The van der Waals surface area contributed by atoms with Gasteiger partial charge in [0, 0.05) is 36.6 Å². The number of Topliss-reactive ketones (excluding diaryl/α,β-unsaturated/α-hetero) is 2. The van der Waals surface area contributed by atoms with Gasteiger partial charge in [-0.3, -0.25) is 14.6 Å². The summed E-state index contributed by atoms with van der Waals surface area (Å²) in [5.74, 6) is 0.587. The number of halogens is 1. The number of aliphatic imine (C=N–C) groups is 1. The molecule has 1 aromatic heterocycles. The summed E-state index contributed by atoms with van der Waals surface area (Å²) >= 11 is 3.40. The highest BCUT2D eigenvalue weighted by molar-refractivity contribution is 9.10. The molecule has 1 N–H and O–H groups in total. The maximum atomic E-state index is 12.5. The predicted molar refractivity (Wildman–Crippen MR) is 112 cm³/mol. The Labute approximate surface area is 176 Å². The highest BCUT2D eigenvalue weighted by Gasteiger charge is 2.28. The fourth-order valence-corrected chi connectivity index (χ4v) is 4.12. The molecule has 2 aromatic rings. The zero-order valence-electron chi connectivity index (χ0n) is 15.9. The first kappa shape index (κ1) is 19.8. The van der Waals surface area contributed by atoms with E-state index in [1.54, 1.807) is 0 Å². The van der Waals surface area contributed by atoms with Crippen LogP contribution in [0.25, 0.3) is 0 Å². The lowest BCUT2D eigenvalue weighted by Gasteiger charge is -2.18. The fourth-order valence-electron chi connectivity index (χ4n) is 3.85. The largest absolute Gasteiger partial charge is 0.511 e. The van der Waals surface area contributed by atoms with Crippen LogP contribution in [0, 0.1) is 0 Å². The molecule has 1 saturated carbocycles. The molecule has 0 atom stereocenters. The number of aryl methyl sites for hydroxylation is 2. The Hall–Kier alpha value is -2.54. The number of benzene rings is 1. The third-order valence-electron chi connectivity index (χ3n) is 5.28. The van der Waals surface area contributed by atoms with E-state index in [-0.39, 0.29) is 23.7 Å². The number of aromatic nitrogens is 1. The van der Waals surface area contributed by atoms with Gasteiger partial charge in [-0.2, -0.15) is 0 Å². The quantitative estimate of drug-likeness (QED) is 0.502. The summed E-state index contributed by atoms with van der Waals surface area (Å²) in [6.45, 7) is 0. The van der Waals surface area contributed by atoms with Crippen LogP contribution >= 0.6 is 15.9 Å². The average molecular weight is 457 g/mol. The van der Waals surface area contributed by atoms with Crippen LogP contribution in [-0.4, -0.2) is 27.5 Å². The van der Waals surface area contributed by atoms with E-state index in [4.69, 9.17) is 4.52 Å². The van der Waals surface area contributed by atoms with Gasteiger partial charge in [-0.1, -0.05) is 21.1 Å². The molecular weight excluding hydrogens is 436 g/mol. The molecule has 0 amide bonds. The third kappa shape index (κ3) is 4.24. The molecule has 1 heterocycles. The Morgan fingerprint density at radius 3 is 2.59 bits per heavy atom. The van der Waals surface area contributed by atoms with Crippen LogP contribution in [0.5, 0.6) is 0 Å². The fraction of sp³-hybridized carbons (Fsp3) is 0.364.